The maximum absolute atomic E-state index is 13.1. The molecule has 3 saturated heterocycles. The van der Waals surface area contributed by atoms with Gasteiger partial charge < -0.3 is 4.74 Å². The van der Waals surface area contributed by atoms with Crippen LogP contribution < -0.4 is 4.90 Å². The molecular weight excluding hydrogens is 310 g/mol. The number of amides is 2. The van der Waals surface area contributed by atoms with Gasteiger partial charge in [0.15, 0.2) is 0 Å². The fourth-order valence-electron chi connectivity index (χ4n) is 4.84. The van der Waals surface area contributed by atoms with Gasteiger partial charge >= 0.3 is 0 Å². The minimum atomic E-state index is -0.493. The Morgan fingerprint density at radius 3 is 2.35 bits per heavy atom. The minimum Gasteiger partial charge on any atom is -0.367 e. The predicted molar refractivity (Wildman–Crippen MR) is 88.4 cm³/mol. The van der Waals surface area contributed by atoms with Crippen molar-refractivity contribution in [2.45, 2.75) is 37.9 Å². The summed E-state index contributed by atoms with van der Waals surface area (Å²) in [5.41, 5.74) is -0.249. The van der Waals surface area contributed by atoms with E-state index >= 15 is 0 Å². The van der Waals surface area contributed by atoms with Crippen LogP contribution in [0.1, 0.15) is 26.7 Å². The van der Waals surface area contributed by atoms with Crippen LogP contribution in [0.2, 0.25) is 0 Å². The van der Waals surface area contributed by atoms with E-state index in [1.165, 1.54) is 4.90 Å². The molecule has 2 bridgehead atoms. The average Bonchev–Trinajstić information content (AvgIpc) is 3.19. The summed E-state index contributed by atoms with van der Waals surface area (Å²) in [4.78, 5) is 27.6. The van der Waals surface area contributed by atoms with E-state index < -0.39 is 11.2 Å². The van der Waals surface area contributed by atoms with Crippen LogP contribution in [-0.2, 0) is 14.3 Å². The van der Waals surface area contributed by atoms with Gasteiger partial charge in [0.2, 0.25) is 11.8 Å². The first kappa shape index (κ1) is 13.7. The Hall–Kier alpha value is -1.72. The normalized spacial score (nSPS) is 38.8. The SMILES string of the molecule is C[C@]12CC[C@](C)(O1)[C@@H]1C(=O)N(c3csc4ccccc34)C(=O)[C@@H]12. The van der Waals surface area contributed by atoms with Crippen LogP contribution in [0, 0.1) is 11.8 Å². The number of hydrogen-bond acceptors (Lipinski definition) is 4. The first-order valence-electron chi connectivity index (χ1n) is 7.99. The van der Waals surface area contributed by atoms with Gasteiger partial charge in [-0.3, -0.25) is 9.59 Å². The summed E-state index contributed by atoms with van der Waals surface area (Å²) >= 11 is 1.57. The summed E-state index contributed by atoms with van der Waals surface area (Å²) < 4.78 is 7.24. The van der Waals surface area contributed by atoms with Gasteiger partial charge in [-0.1, -0.05) is 18.2 Å². The number of rotatable bonds is 1. The minimum absolute atomic E-state index is 0.0884. The van der Waals surface area contributed by atoms with Gasteiger partial charge in [0, 0.05) is 15.5 Å². The highest BCUT2D eigenvalue weighted by atomic mass is 32.1. The molecule has 1 aromatic heterocycles. The molecule has 3 aliphatic heterocycles. The number of benzene rings is 1. The highest BCUT2D eigenvalue weighted by Crippen LogP contribution is 2.61. The van der Waals surface area contributed by atoms with Crippen molar-refractivity contribution in [2.24, 2.45) is 11.8 Å². The van der Waals surface area contributed by atoms with Gasteiger partial charge in [-0.15, -0.1) is 11.3 Å². The van der Waals surface area contributed by atoms with Crippen LogP contribution in [0.5, 0.6) is 0 Å². The van der Waals surface area contributed by atoms with E-state index in [-0.39, 0.29) is 23.7 Å². The summed E-state index contributed by atoms with van der Waals surface area (Å²) in [5.74, 6) is -0.858. The van der Waals surface area contributed by atoms with Crippen molar-refractivity contribution in [1.29, 1.82) is 0 Å². The average molecular weight is 327 g/mol. The molecule has 4 nitrogen and oxygen atoms in total. The van der Waals surface area contributed by atoms with Crippen molar-refractivity contribution in [3.8, 4) is 0 Å². The van der Waals surface area contributed by atoms with Crippen molar-refractivity contribution in [2.75, 3.05) is 4.90 Å². The summed E-state index contributed by atoms with van der Waals surface area (Å²) in [6.45, 7) is 3.98. The van der Waals surface area contributed by atoms with Gasteiger partial charge in [-0.05, 0) is 32.8 Å². The Kier molecular flexibility index (Phi) is 2.40. The molecule has 118 valence electrons. The van der Waals surface area contributed by atoms with Crippen LogP contribution in [0.3, 0.4) is 0 Å². The molecule has 4 atom stereocenters. The topological polar surface area (TPSA) is 46.6 Å². The molecule has 5 heteroatoms. The molecule has 1 aromatic carbocycles. The Morgan fingerprint density at radius 2 is 1.70 bits per heavy atom. The molecule has 0 N–H and O–H groups in total. The fourth-order valence-corrected chi connectivity index (χ4v) is 5.77. The molecule has 2 amide bonds. The predicted octanol–water partition coefficient (Wildman–Crippen LogP) is 3.35. The lowest BCUT2D eigenvalue weighted by Gasteiger charge is -2.27. The highest BCUT2D eigenvalue weighted by Gasteiger charge is 2.72. The first-order chi connectivity index (χ1) is 10.9. The summed E-state index contributed by atoms with van der Waals surface area (Å²) in [6, 6.07) is 7.91. The van der Waals surface area contributed by atoms with Crippen molar-refractivity contribution < 1.29 is 14.3 Å². The van der Waals surface area contributed by atoms with Gasteiger partial charge in [-0.2, -0.15) is 0 Å². The van der Waals surface area contributed by atoms with E-state index in [0.29, 0.717) is 0 Å². The van der Waals surface area contributed by atoms with Gasteiger partial charge in [0.05, 0.1) is 28.7 Å². The maximum atomic E-state index is 13.1. The Bertz CT molecular complexity index is 840. The number of nitrogens with zero attached hydrogens (tertiary/aromatic N) is 1. The third kappa shape index (κ3) is 1.50. The number of thiophene rings is 1. The van der Waals surface area contributed by atoms with Crippen molar-refractivity contribution in [3.05, 3.63) is 29.6 Å². The largest absolute Gasteiger partial charge is 0.367 e. The lowest BCUT2D eigenvalue weighted by atomic mass is 9.69. The third-order valence-corrected chi connectivity index (χ3v) is 6.86. The molecule has 23 heavy (non-hydrogen) atoms. The highest BCUT2D eigenvalue weighted by molar-refractivity contribution is 7.17. The Morgan fingerprint density at radius 1 is 1.09 bits per heavy atom. The number of ether oxygens (including phenoxy) is 1. The van der Waals surface area contributed by atoms with Gasteiger partial charge in [0.25, 0.3) is 0 Å². The molecule has 0 spiro atoms. The van der Waals surface area contributed by atoms with E-state index in [2.05, 4.69) is 0 Å². The zero-order chi connectivity index (χ0) is 16.0. The van der Waals surface area contributed by atoms with Crippen LogP contribution in [-0.4, -0.2) is 23.0 Å². The summed E-state index contributed by atoms with van der Waals surface area (Å²) in [6.07, 6.45) is 1.70. The van der Waals surface area contributed by atoms with Crippen LogP contribution in [0.15, 0.2) is 29.6 Å². The number of carbonyl (C=O) groups is 2. The van der Waals surface area contributed by atoms with Crippen LogP contribution in [0.25, 0.3) is 10.1 Å². The number of hydrogen-bond donors (Lipinski definition) is 0. The molecule has 3 fully saturated rings. The lowest BCUT2D eigenvalue weighted by Crippen LogP contribution is -2.40. The van der Waals surface area contributed by atoms with Crippen molar-refractivity contribution in [1.82, 2.24) is 0 Å². The second kappa shape index (κ2) is 4.02. The molecule has 0 radical (unpaired) electrons. The molecule has 2 aromatic rings. The zero-order valence-electron chi connectivity index (χ0n) is 13.0. The van der Waals surface area contributed by atoms with Crippen LogP contribution >= 0.6 is 11.3 Å². The summed E-state index contributed by atoms with van der Waals surface area (Å²) in [7, 11) is 0. The molecule has 0 unspecified atom stereocenters. The van der Waals surface area contributed by atoms with Gasteiger partial charge in [0.1, 0.15) is 0 Å². The molecular formula is C18H17NO3S. The second-order valence-corrected chi connectivity index (χ2v) is 8.22. The first-order valence-corrected chi connectivity index (χ1v) is 8.87. The van der Waals surface area contributed by atoms with E-state index in [0.717, 1.165) is 28.6 Å². The number of imide groups is 1. The molecule has 4 heterocycles. The van der Waals surface area contributed by atoms with E-state index in [4.69, 9.17) is 4.74 Å². The zero-order valence-corrected chi connectivity index (χ0v) is 13.9. The van der Waals surface area contributed by atoms with Crippen molar-refractivity contribution >= 4 is 38.9 Å². The fraction of sp³-hybridized carbons (Fsp3) is 0.444. The smallest absolute Gasteiger partial charge is 0.240 e. The van der Waals surface area contributed by atoms with Gasteiger partial charge in [-0.25, -0.2) is 4.90 Å². The van der Waals surface area contributed by atoms with E-state index in [1.54, 1.807) is 11.3 Å². The molecule has 5 rings (SSSR count). The molecule has 3 aliphatic rings. The third-order valence-electron chi connectivity index (χ3n) is 5.91. The lowest BCUT2D eigenvalue weighted by molar-refractivity contribution is -0.129. The quantitative estimate of drug-likeness (QED) is 0.755. The standard InChI is InChI=1S/C18H17NO3S/c1-17-7-8-18(2,22-17)14-13(17)15(20)19(16(14)21)11-9-23-12-6-4-3-5-10(11)12/h3-6,9,13-14H,7-8H2,1-2H3/t13-,14+,17-,18+. The second-order valence-electron chi connectivity index (χ2n) is 7.31. The van der Waals surface area contributed by atoms with E-state index in [9.17, 15) is 9.59 Å². The number of anilines is 1. The van der Waals surface area contributed by atoms with E-state index in [1.807, 2.05) is 43.5 Å². The maximum Gasteiger partial charge on any atom is 0.240 e. The molecule has 0 saturated carbocycles. The number of carbonyl (C=O) groups excluding carboxylic acids is 2. The van der Waals surface area contributed by atoms with Crippen molar-refractivity contribution in [3.63, 3.8) is 0 Å². The Balaban J connectivity index is 1.67. The monoisotopic (exact) mass is 327 g/mol. The Labute approximate surface area is 138 Å². The molecule has 0 aliphatic carbocycles. The van der Waals surface area contributed by atoms with Crippen LogP contribution in [0.4, 0.5) is 5.69 Å². The number of fused-ring (bicyclic) bond motifs is 6. The summed E-state index contributed by atoms with van der Waals surface area (Å²) in [5, 5.41) is 2.90.